The van der Waals surface area contributed by atoms with Gasteiger partial charge in [-0.25, -0.2) is 0 Å². The van der Waals surface area contributed by atoms with Crippen LogP contribution in [-0.4, -0.2) is 29.4 Å². The van der Waals surface area contributed by atoms with E-state index < -0.39 is 0 Å². The zero-order chi connectivity index (χ0) is 12.7. The van der Waals surface area contributed by atoms with Crippen LogP contribution in [0.1, 0.15) is 39.5 Å². The van der Waals surface area contributed by atoms with E-state index in [2.05, 4.69) is 0 Å². The van der Waals surface area contributed by atoms with Gasteiger partial charge in [0.2, 0.25) is 5.91 Å². The Balaban J connectivity index is 2.55. The highest BCUT2D eigenvalue weighted by Crippen LogP contribution is 2.22. The van der Waals surface area contributed by atoms with Gasteiger partial charge in [0.15, 0.2) is 0 Å². The fraction of sp³-hybridized carbons (Fsp3) is 0.643. The molecule has 1 saturated carbocycles. The van der Waals surface area contributed by atoms with E-state index >= 15 is 0 Å². The quantitative estimate of drug-likeness (QED) is 0.601. The molecule has 0 saturated heterocycles. The molecular formula is C14H24N2O. The predicted octanol–water partition coefficient (Wildman–Crippen LogP) is 2.24. The smallest absolute Gasteiger partial charge is 0.246 e. The molecule has 1 aliphatic carbocycles. The summed E-state index contributed by atoms with van der Waals surface area (Å²) in [6, 6.07) is 0.709. The van der Waals surface area contributed by atoms with Crippen molar-refractivity contribution in [2.45, 2.75) is 51.6 Å². The average molecular weight is 236 g/mol. The van der Waals surface area contributed by atoms with Gasteiger partial charge in [-0.1, -0.05) is 18.2 Å². The van der Waals surface area contributed by atoms with Gasteiger partial charge in [-0.2, -0.15) is 0 Å². The van der Waals surface area contributed by atoms with Gasteiger partial charge in [-0.05, 0) is 39.5 Å². The molecule has 0 atom stereocenters. The summed E-state index contributed by atoms with van der Waals surface area (Å²) in [7, 11) is 0. The minimum absolute atomic E-state index is 0.117. The number of allylic oxidation sites excluding steroid dienone is 3. The van der Waals surface area contributed by atoms with Crippen LogP contribution in [0, 0.1) is 0 Å². The van der Waals surface area contributed by atoms with E-state index in [0.29, 0.717) is 12.1 Å². The summed E-state index contributed by atoms with van der Waals surface area (Å²) in [5.74, 6) is 0.117. The lowest BCUT2D eigenvalue weighted by Gasteiger charge is -2.34. The minimum Gasteiger partial charge on any atom is -0.336 e. The first-order chi connectivity index (χ1) is 8.19. The van der Waals surface area contributed by atoms with Crippen molar-refractivity contribution in [3.63, 3.8) is 0 Å². The van der Waals surface area contributed by atoms with Gasteiger partial charge < -0.3 is 10.6 Å². The average Bonchev–Trinajstić information content (AvgIpc) is 2.33. The van der Waals surface area contributed by atoms with Crippen molar-refractivity contribution in [3.8, 4) is 0 Å². The normalized spacial score (nSPS) is 25.6. The molecule has 0 aromatic rings. The van der Waals surface area contributed by atoms with Gasteiger partial charge in [0.25, 0.3) is 0 Å². The van der Waals surface area contributed by atoms with E-state index in [1.54, 1.807) is 12.2 Å². The summed E-state index contributed by atoms with van der Waals surface area (Å²) >= 11 is 0. The molecule has 0 heterocycles. The van der Waals surface area contributed by atoms with Crippen LogP contribution in [0.4, 0.5) is 0 Å². The first kappa shape index (κ1) is 14.0. The van der Waals surface area contributed by atoms with Gasteiger partial charge in [-0.3, -0.25) is 4.79 Å². The molecule has 96 valence electrons. The number of nitrogens with zero attached hydrogens (tertiary/aromatic N) is 1. The van der Waals surface area contributed by atoms with Crippen molar-refractivity contribution in [1.29, 1.82) is 0 Å². The van der Waals surface area contributed by atoms with Crippen LogP contribution in [0.3, 0.4) is 0 Å². The third-order valence-electron chi connectivity index (χ3n) is 3.35. The molecule has 1 amide bonds. The Kier molecular flexibility index (Phi) is 5.98. The molecule has 1 aliphatic rings. The summed E-state index contributed by atoms with van der Waals surface area (Å²) < 4.78 is 0. The Hall–Kier alpha value is -1.09. The SMILES string of the molecule is CC=CC=CC(=O)N(CC)C1CCC(N)CC1. The van der Waals surface area contributed by atoms with Gasteiger partial charge in [0.05, 0.1) is 0 Å². The molecule has 3 nitrogen and oxygen atoms in total. The molecular weight excluding hydrogens is 212 g/mol. The van der Waals surface area contributed by atoms with E-state index in [1.165, 1.54) is 0 Å². The van der Waals surface area contributed by atoms with E-state index in [4.69, 9.17) is 5.73 Å². The van der Waals surface area contributed by atoms with Gasteiger partial charge in [-0.15, -0.1) is 0 Å². The molecule has 0 bridgehead atoms. The Bertz CT molecular complexity index is 289. The lowest BCUT2D eigenvalue weighted by atomic mass is 9.90. The highest BCUT2D eigenvalue weighted by atomic mass is 16.2. The van der Waals surface area contributed by atoms with Crippen LogP contribution >= 0.6 is 0 Å². The summed E-state index contributed by atoms with van der Waals surface area (Å²) in [5, 5.41) is 0. The van der Waals surface area contributed by atoms with E-state index in [9.17, 15) is 4.79 Å². The zero-order valence-corrected chi connectivity index (χ0v) is 10.9. The number of carbonyl (C=O) groups is 1. The van der Waals surface area contributed by atoms with Crippen molar-refractivity contribution in [1.82, 2.24) is 4.90 Å². The Labute approximate surface area is 104 Å². The van der Waals surface area contributed by atoms with Gasteiger partial charge >= 0.3 is 0 Å². The van der Waals surface area contributed by atoms with Crippen molar-refractivity contribution in [2.75, 3.05) is 6.54 Å². The third kappa shape index (κ3) is 4.35. The lowest BCUT2D eigenvalue weighted by Crippen LogP contribution is -2.43. The van der Waals surface area contributed by atoms with Crippen LogP contribution in [0.2, 0.25) is 0 Å². The fourth-order valence-corrected chi connectivity index (χ4v) is 2.35. The Morgan fingerprint density at radius 3 is 2.47 bits per heavy atom. The van der Waals surface area contributed by atoms with Gasteiger partial charge in [0.1, 0.15) is 0 Å². The third-order valence-corrected chi connectivity index (χ3v) is 3.35. The van der Waals surface area contributed by atoms with E-state index in [1.807, 2.05) is 30.9 Å². The highest BCUT2D eigenvalue weighted by molar-refractivity contribution is 5.88. The monoisotopic (exact) mass is 236 g/mol. The maximum absolute atomic E-state index is 12.0. The van der Waals surface area contributed by atoms with E-state index in [-0.39, 0.29) is 5.91 Å². The molecule has 0 spiro atoms. The zero-order valence-electron chi connectivity index (χ0n) is 10.9. The molecule has 0 aromatic carbocycles. The molecule has 1 fully saturated rings. The number of rotatable bonds is 4. The second kappa shape index (κ2) is 7.28. The van der Waals surface area contributed by atoms with Crippen molar-refractivity contribution in [2.24, 2.45) is 5.73 Å². The molecule has 3 heteroatoms. The molecule has 17 heavy (non-hydrogen) atoms. The molecule has 0 aliphatic heterocycles. The van der Waals surface area contributed by atoms with Crippen LogP contribution in [0.25, 0.3) is 0 Å². The summed E-state index contributed by atoms with van der Waals surface area (Å²) in [5.41, 5.74) is 5.89. The van der Waals surface area contributed by atoms with Crippen molar-refractivity contribution < 1.29 is 4.79 Å². The van der Waals surface area contributed by atoms with Crippen molar-refractivity contribution in [3.05, 3.63) is 24.3 Å². The molecule has 0 aromatic heterocycles. The minimum atomic E-state index is 0.117. The lowest BCUT2D eigenvalue weighted by molar-refractivity contribution is -0.128. The second-order valence-electron chi connectivity index (χ2n) is 4.58. The second-order valence-corrected chi connectivity index (χ2v) is 4.58. The van der Waals surface area contributed by atoms with Crippen LogP contribution < -0.4 is 5.73 Å². The first-order valence-electron chi connectivity index (χ1n) is 6.54. The van der Waals surface area contributed by atoms with Crippen LogP contribution in [-0.2, 0) is 4.79 Å². The number of hydrogen-bond acceptors (Lipinski definition) is 2. The summed E-state index contributed by atoms with van der Waals surface area (Å²) in [6.07, 6.45) is 11.4. The fourth-order valence-electron chi connectivity index (χ4n) is 2.35. The Morgan fingerprint density at radius 2 is 1.94 bits per heavy atom. The van der Waals surface area contributed by atoms with Gasteiger partial charge in [0, 0.05) is 24.7 Å². The largest absolute Gasteiger partial charge is 0.336 e. The maximum atomic E-state index is 12.0. The highest BCUT2D eigenvalue weighted by Gasteiger charge is 2.25. The number of amides is 1. The summed E-state index contributed by atoms with van der Waals surface area (Å²) in [4.78, 5) is 14.0. The van der Waals surface area contributed by atoms with Crippen molar-refractivity contribution >= 4 is 5.91 Å². The van der Waals surface area contributed by atoms with Crippen LogP contribution in [0.5, 0.6) is 0 Å². The summed E-state index contributed by atoms with van der Waals surface area (Å²) in [6.45, 7) is 4.75. The number of nitrogens with two attached hydrogens (primary N) is 1. The Morgan fingerprint density at radius 1 is 1.29 bits per heavy atom. The molecule has 1 rings (SSSR count). The predicted molar refractivity (Wildman–Crippen MR) is 71.6 cm³/mol. The van der Waals surface area contributed by atoms with E-state index in [0.717, 1.165) is 32.2 Å². The number of likely N-dealkylation sites (N-methyl/N-ethyl adjacent to an activating group) is 1. The maximum Gasteiger partial charge on any atom is 0.246 e. The first-order valence-corrected chi connectivity index (χ1v) is 6.54. The molecule has 2 N–H and O–H groups in total. The van der Waals surface area contributed by atoms with Crippen LogP contribution in [0.15, 0.2) is 24.3 Å². The molecule has 0 radical (unpaired) electrons. The molecule has 0 unspecified atom stereocenters. The standard InChI is InChI=1S/C14H24N2O/c1-3-5-6-7-14(17)16(4-2)13-10-8-12(15)9-11-13/h3,5-7,12-13H,4,8-11,15H2,1-2H3. The topological polar surface area (TPSA) is 46.3 Å². The number of carbonyl (C=O) groups excluding carboxylic acids is 1. The number of hydrogen-bond donors (Lipinski definition) is 1.